The van der Waals surface area contributed by atoms with E-state index in [-0.39, 0.29) is 0 Å². The van der Waals surface area contributed by atoms with E-state index < -0.39 is 0 Å². The Morgan fingerprint density at radius 1 is 1.08 bits per heavy atom. The number of nitrogens with zero attached hydrogens (tertiary/aromatic N) is 6. The van der Waals surface area contributed by atoms with Crippen LogP contribution in [0.15, 0.2) is 30.9 Å². The highest BCUT2D eigenvalue weighted by atomic mass is 16.5. The van der Waals surface area contributed by atoms with Gasteiger partial charge in [-0.3, -0.25) is 0 Å². The summed E-state index contributed by atoms with van der Waals surface area (Å²) in [6, 6.07) is 3.84. The third-order valence-corrected chi connectivity index (χ3v) is 4.73. The van der Waals surface area contributed by atoms with E-state index in [0.717, 1.165) is 35.4 Å². The summed E-state index contributed by atoms with van der Waals surface area (Å²) < 4.78 is 7.35. The maximum absolute atomic E-state index is 5.38. The fraction of sp³-hybridized carbons (Fsp3) is 0.444. The monoisotopic (exact) mass is 338 g/mol. The van der Waals surface area contributed by atoms with Gasteiger partial charge in [-0.15, -0.1) is 0 Å². The molecule has 130 valence electrons. The molecule has 0 unspecified atom stereocenters. The van der Waals surface area contributed by atoms with Crippen molar-refractivity contribution in [1.82, 2.24) is 29.6 Å². The molecule has 1 fully saturated rings. The lowest BCUT2D eigenvalue weighted by molar-refractivity contribution is 0.219. The van der Waals surface area contributed by atoms with Crippen molar-refractivity contribution >= 4 is 11.0 Å². The van der Waals surface area contributed by atoms with E-state index in [1.807, 2.05) is 23.0 Å². The van der Waals surface area contributed by atoms with Crippen molar-refractivity contribution < 1.29 is 4.74 Å². The Hall–Kier alpha value is -2.54. The highest BCUT2D eigenvalue weighted by Crippen LogP contribution is 2.30. The molecule has 4 heterocycles. The Morgan fingerprint density at radius 2 is 1.96 bits per heavy atom. The second-order valence-corrected chi connectivity index (χ2v) is 6.29. The zero-order valence-corrected chi connectivity index (χ0v) is 14.4. The van der Waals surface area contributed by atoms with Crippen molar-refractivity contribution in [1.29, 1.82) is 0 Å². The molecule has 0 amide bonds. The standard InChI is InChI=1S/C18H22N6O/c1-25-18-14(6-5-7-19-18)16-15-12-22-24(17(15)21-13-20-16)11-10-23-8-3-2-4-9-23/h5-7,12-13H,2-4,8-11H2,1H3. The Labute approximate surface area is 146 Å². The number of methoxy groups -OCH3 is 1. The van der Waals surface area contributed by atoms with Gasteiger partial charge in [-0.05, 0) is 38.1 Å². The minimum absolute atomic E-state index is 0.559. The molecule has 0 N–H and O–H groups in total. The first kappa shape index (κ1) is 16.0. The highest BCUT2D eigenvalue weighted by Gasteiger charge is 2.16. The molecule has 0 saturated carbocycles. The molecule has 0 spiro atoms. The first-order chi connectivity index (χ1) is 12.4. The molecule has 1 aliphatic rings. The van der Waals surface area contributed by atoms with Crippen LogP contribution in [-0.4, -0.2) is 56.4 Å². The lowest BCUT2D eigenvalue weighted by atomic mass is 10.1. The average molecular weight is 338 g/mol. The lowest BCUT2D eigenvalue weighted by Crippen LogP contribution is -2.32. The van der Waals surface area contributed by atoms with Gasteiger partial charge in [0.1, 0.15) is 6.33 Å². The van der Waals surface area contributed by atoms with Gasteiger partial charge >= 0.3 is 0 Å². The van der Waals surface area contributed by atoms with Crippen molar-refractivity contribution in [3.8, 4) is 17.1 Å². The van der Waals surface area contributed by atoms with Gasteiger partial charge in [-0.1, -0.05) is 6.42 Å². The average Bonchev–Trinajstić information content (AvgIpc) is 3.10. The predicted molar refractivity (Wildman–Crippen MR) is 95.4 cm³/mol. The Bertz CT molecular complexity index is 856. The van der Waals surface area contributed by atoms with Crippen LogP contribution in [0.25, 0.3) is 22.3 Å². The summed E-state index contributed by atoms with van der Waals surface area (Å²) in [5.41, 5.74) is 2.51. The summed E-state index contributed by atoms with van der Waals surface area (Å²) in [6.45, 7) is 4.22. The molecular formula is C18H22N6O. The number of likely N-dealkylation sites (tertiary alicyclic amines) is 1. The van der Waals surface area contributed by atoms with Gasteiger partial charge in [0, 0.05) is 12.7 Å². The molecule has 1 saturated heterocycles. The first-order valence-electron chi connectivity index (χ1n) is 8.75. The summed E-state index contributed by atoms with van der Waals surface area (Å²) in [6.07, 6.45) is 9.09. The van der Waals surface area contributed by atoms with Crippen molar-refractivity contribution in [2.75, 3.05) is 26.7 Å². The smallest absolute Gasteiger partial charge is 0.222 e. The van der Waals surface area contributed by atoms with Crippen LogP contribution in [0.5, 0.6) is 5.88 Å². The van der Waals surface area contributed by atoms with E-state index in [0.29, 0.717) is 5.88 Å². The van der Waals surface area contributed by atoms with Gasteiger partial charge in [0.2, 0.25) is 5.88 Å². The third kappa shape index (κ3) is 3.19. The number of fused-ring (bicyclic) bond motifs is 1. The molecule has 0 aliphatic carbocycles. The van der Waals surface area contributed by atoms with Crippen LogP contribution in [0.2, 0.25) is 0 Å². The van der Waals surface area contributed by atoms with E-state index in [1.54, 1.807) is 19.6 Å². The second-order valence-electron chi connectivity index (χ2n) is 6.29. The molecule has 0 bridgehead atoms. The van der Waals surface area contributed by atoms with Crippen LogP contribution >= 0.6 is 0 Å². The SMILES string of the molecule is COc1ncccc1-c1ncnc2c1cnn2CCN1CCCCC1. The lowest BCUT2D eigenvalue weighted by Gasteiger charge is -2.26. The van der Waals surface area contributed by atoms with Crippen molar-refractivity contribution in [2.24, 2.45) is 0 Å². The van der Waals surface area contributed by atoms with Crippen LogP contribution in [0.3, 0.4) is 0 Å². The maximum atomic E-state index is 5.38. The van der Waals surface area contributed by atoms with Crippen LogP contribution in [0.4, 0.5) is 0 Å². The van der Waals surface area contributed by atoms with Gasteiger partial charge in [0.25, 0.3) is 0 Å². The van der Waals surface area contributed by atoms with E-state index in [9.17, 15) is 0 Å². The Kier molecular flexibility index (Phi) is 4.56. The number of hydrogen-bond donors (Lipinski definition) is 0. The largest absolute Gasteiger partial charge is 0.481 e. The van der Waals surface area contributed by atoms with Gasteiger partial charge in [-0.25, -0.2) is 19.6 Å². The molecule has 0 atom stereocenters. The van der Waals surface area contributed by atoms with Crippen LogP contribution in [0, 0.1) is 0 Å². The summed E-state index contributed by atoms with van der Waals surface area (Å²) in [5.74, 6) is 0.559. The van der Waals surface area contributed by atoms with Gasteiger partial charge in [-0.2, -0.15) is 5.10 Å². The Morgan fingerprint density at radius 3 is 2.80 bits per heavy atom. The molecule has 0 aromatic carbocycles. The zero-order valence-electron chi connectivity index (χ0n) is 14.4. The molecule has 1 aliphatic heterocycles. The summed E-state index contributed by atoms with van der Waals surface area (Å²) in [5, 5.41) is 5.47. The molecule has 7 heteroatoms. The number of pyridine rings is 1. The molecular weight excluding hydrogens is 316 g/mol. The number of ether oxygens (including phenoxy) is 1. The molecule has 0 radical (unpaired) electrons. The zero-order chi connectivity index (χ0) is 17.1. The fourth-order valence-electron chi connectivity index (χ4n) is 3.42. The summed E-state index contributed by atoms with van der Waals surface area (Å²) in [4.78, 5) is 15.7. The third-order valence-electron chi connectivity index (χ3n) is 4.73. The van der Waals surface area contributed by atoms with Gasteiger partial charge < -0.3 is 9.64 Å². The number of aromatic nitrogens is 5. The topological polar surface area (TPSA) is 69.0 Å². The first-order valence-corrected chi connectivity index (χ1v) is 8.75. The normalized spacial score (nSPS) is 15.6. The summed E-state index contributed by atoms with van der Waals surface area (Å²) in [7, 11) is 1.62. The van der Waals surface area contributed by atoms with E-state index in [2.05, 4.69) is 25.0 Å². The van der Waals surface area contributed by atoms with Crippen LogP contribution in [0.1, 0.15) is 19.3 Å². The number of rotatable bonds is 5. The predicted octanol–water partition coefficient (Wildman–Crippen LogP) is 2.38. The molecule has 7 nitrogen and oxygen atoms in total. The number of hydrogen-bond acceptors (Lipinski definition) is 6. The quantitative estimate of drug-likeness (QED) is 0.711. The van der Waals surface area contributed by atoms with Crippen molar-refractivity contribution in [3.63, 3.8) is 0 Å². The molecule has 25 heavy (non-hydrogen) atoms. The van der Waals surface area contributed by atoms with Gasteiger partial charge in [0.15, 0.2) is 5.65 Å². The minimum atomic E-state index is 0.559. The molecule has 3 aromatic heterocycles. The van der Waals surface area contributed by atoms with Crippen molar-refractivity contribution in [3.05, 3.63) is 30.9 Å². The van der Waals surface area contributed by atoms with Crippen LogP contribution < -0.4 is 4.74 Å². The Balaban J connectivity index is 1.64. The van der Waals surface area contributed by atoms with E-state index >= 15 is 0 Å². The fourth-order valence-corrected chi connectivity index (χ4v) is 3.42. The van der Waals surface area contributed by atoms with Crippen molar-refractivity contribution in [2.45, 2.75) is 25.8 Å². The summed E-state index contributed by atoms with van der Waals surface area (Å²) >= 11 is 0. The maximum Gasteiger partial charge on any atom is 0.222 e. The number of piperidine rings is 1. The molecule has 3 aromatic rings. The van der Waals surface area contributed by atoms with Gasteiger partial charge in [0.05, 0.1) is 36.5 Å². The minimum Gasteiger partial charge on any atom is -0.481 e. The highest BCUT2D eigenvalue weighted by molar-refractivity contribution is 5.91. The molecule has 4 rings (SSSR count). The second kappa shape index (κ2) is 7.14. The van der Waals surface area contributed by atoms with E-state index in [1.165, 1.54) is 32.4 Å². The van der Waals surface area contributed by atoms with Crippen LogP contribution in [-0.2, 0) is 6.54 Å². The van der Waals surface area contributed by atoms with E-state index in [4.69, 9.17) is 4.74 Å².